The van der Waals surface area contributed by atoms with E-state index in [0.717, 1.165) is 6.26 Å². The fourth-order valence-electron chi connectivity index (χ4n) is 3.61. The van der Waals surface area contributed by atoms with Gasteiger partial charge in [-0.05, 0) is 43.3 Å². The van der Waals surface area contributed by atoms with Gasteiger partial charge in [0.05, 0.1) is 15.9 Å². The summed E-state index contributed by atoms with van der Waals surface area (Å²) in [5, 5.41) is 2.65. The van der Waals surface area contributed by atoms with Gasteiger partial charge in [0.25, 0.3) is 5.91 Å². The summed E-state index contributed by atoms with van der Waals surface area (Å²) in [4.78, 5) is 17.1. The molecule has 0 bridgehead atoms. The van der Waals surface area contributed by atoms with Gasteiger partial charge in [-0.2, -0.15) is 8.78 Å². The minimum Gasteiger partial charge on any atom is -0.323 e. The molecule has 0 atom stereocenters. The lowest BCUT2D eigenvalue weighted by Crippen LogP contribution is -2.21. The Hall–Kier alpha value is -3.59. The van der Waals surface area contributed by atoms with E-state index in [-0.39, 0.29) is 24.0 Å². The predicted molar refractivity (Wildman–Crippen MR) is 124 cm³/mol. The number of aromatic nitrogens is 2. The number of anilines is 1. The minimum atomic E-state index is -3.43. The van der Waals surface area contributed by atoms with Gasteiger partial charge in [0.1, 0.15) is 0 Å². The third kappa shape index (κ3) is 4.36. The van der Waals surface area contributed by atoms with E-state index >= 15 is 8.78 Å². The quantitative estimate of drug-likeness (QED) is 0.424. The molecule has 1 N–H and O–H groups in total. The van der Waals surface area contributed by atoms with Gasteiger partial charge in [0, 0.05) is 31.0 Å². The van der Waals surface area contributed by atoms with Crippen LogP contribution in [-0.4, -0.2) is 30.1 Å². The minimum absolute atomic E-state index is 0. The smallest absolute Gasteiger partial charge is 0.323 e. The molecule has 172 valence electrons. The molecule has 0 aliphatic rings. The van der Waals surface area contributed by atoms with Crippen molar-refractivity contribution in [3.63, 3.8) is 0 Å². The van der Waals surface area contributed by atoms with Gasteiger partial charge in [-0.1, -0.05) is 36.4 Å². The number of imidazole rings is 1. The molecule has 6 nitrogen and oxygen atoms in total. The average Bonchev–Trinajstić information content (AvgIpc) is 3.18. The van der Waals surface area contributed by atoms with E-state index in [1.54, 1.807) is 31.2 Å². The Morgan fingerprint density at radius 3 is 2.45 bits per heavy atom. The largest absolute Gasteiger partial charge is 0.330 e. The van der Waals surface area contributed by atoms with Gasteiger partial charge in [-0.25, -0.2) is 13.4 Å². The fraction of sp³-hybridized carbons (Fsp3) is 0.167. The van der Waals surface area contributed by atoms with Crippen LogP contribution in [0, 0.1) is 0 Å². The molecule has 0 aliphatic heterocycles. The van der Waals surface area contributed by atoms with Gasteiger partial charge in [0.2, 0.25) is 0 Å². The molecule has 0 unspecified atom stereocenters. The summed E-state index contributed by atoms with van der Waals surface area (Å²) in [5.74, 6) is -4.21. The molecule has 4 rings (SSSR count). The van der Waals surface area contributed by atoms with Crippen molar-refractivity contribution in [2.24, 2.45) is 0 Å². The number of halogens is 2. The maximum absolute atomic E-state index is 15.2. The molecule has 1 heterocycles. The number of benzene rings is 3. The van der Waals surface area contributed by atoms with Gasteiger partial charge < -0.3 is 9.88 Å². The second-order valence-electron chi connectivity index (χ2n) is 7.58. The number of nitrogens with zero attached hydrogens (tertiary/aromatic N) is 2. The third-order valence-corrected chi connectivity index (χ3v) is 6.37. The molecule has 0 spiro atoms. The molecule has 0 radical (unpaired) electrons. The maximum Gasteiger partial charge on any atom is 0.330 e. The summed E-state index contributed by atoms with van der Waals surface area (Å²) in [6, 6.07) is 17.9. The molecule has 1 amide bonds. The van der Waals surface area contributed by atoms with Crippen LogP contribution >= 0.6 is 0 Å². The van der Waals surface area contributed by atoms with Crippen molar-refractivity contribution < 1.29 is 23.4 Å². The fourth-order valence-corrected chi connectivity index (χ4v) is 4.27. The first-order valence-electron chi connectivity index (χ1n) is 10.2. The molecule has 33 heavy (non-hydrogen) atoms. The Balaban J connectivity index is 0.00000324. The first-order valence-corrected chi connectivity index (χ1v) is 12.1. The number of nitrogens with one attached hydrogen (secondary N) is 1. The maximum atomic E-state index is 15.2. The number of carbonyl (C=O) groups excluding carboxylic acids is 1. The van der Waals surface area contributed by atoms with Crippen molar-refractivity contribution in [1.29, 1.82) is 0 Å². The van der Waals surface area contributed by atoms with Crippen molar-refractivity contribution in [3.8, 4) is 0 Å². The van der Waals surface area contributed by atoms with E-state index in [1.807, 2.05) is 0 Å². The predicted octanol–water partition coefficient (Wildman–Crippen LogP) is 5.10. The highest BCUT2D eigenvalue weighted by Crippen LogP contribution is 2.36. The summed E-state index contributed by atoms with van der Waals surface area (Å²) in [6.07, 6.45) is 1.08. The summed E-state index contributed by atoms with van der Waals surface area (Å²) >= 11 is 0. The van der Waals surface area contributed by atoms with Crippen LogP contribution in [0.1, 0.15) is 30.1 Å². The molecule has 1 aromatic heterocycles. The monoisotopic (exact) mass is 471 g/mol. The molecular formula is C24H23F2N3O3S. The Morgan fingerprint density at radius 1 is 1.06 bits per heavy atom. The number of amides is 1. The molecule has 4 aromatic rings. The highest BCUT2D eigenvalue weighted by molar-refractivity contribution is 7.90. The second-order valence-corrected chi connectivity index (χ2v) is 9.59. The second kappa shape index (κ2) is 8.40. The van der Waals surface area contributed by atoms with Crippen molar-refractivity contribution in [2.75, 3.05) is 11.6 Å². The van der Waals surface area contributed by atoms with E-state index < -0.39 is 27.5 Å². The van der Waals surface area contributed by atoms with E-state index in [2.05, 4.69) is 10.3 Å². The van der Waals surface area contributed by atoms with Crippen LogP contribution in [0.25, 0.3) is 11.0 Å². The van der Waals surface area contributed by atoms with Crippen LogP contribution < -0.4 is 5.32 Å². The van der Waals surface area contributed by atoms with E-state index in [0.29, 0.717) is 16.7 Å². The summed E-state index contributed by atoms with van der Waals surface area (Å²) in [7, 11) is -3.43. The Labute approximate surface area is 191 Å². The Morgan fingerprint density at radius 2 is 1.79 bits per heavy atom. The molecule has 9 heteroatoms. The number of sulfone groups is 1. The number of hydrogen-bond donors (Lipinski definition) is 1. The SMILES string of the molecule is CCn1c(C(F)(F)c2ccccc2)nc2ccc(C(=O)Nc3cccc(S(C)(=O)=O)c3)cc21.[HH]. The van der Waals surface area contributed by atoms with E-state index in [9.17, 15) is 13.2 Å². The zero-order valence-corrected chi connectivity index (χ0v) is 18.7. The normalized spacial score (nSPS) is 12.1. The van der Waals surface area contributed by atoms with Gasteiger partial charge >= 0.3 is 5.92 Å². The number of carbonyl (C=O) groups is 1. The lowest BCUT2D eigenvalue weighted by Gasteiger charge is -2.17. The highest BCUT2D eigenvalue weighted by Gasteiger charge is 2.39. The molecule has 0 aliphatic carbocycles. The molecule has 0 saturated heterocycles. The number of aryl methyl sites for hydroxylation is 1. The molecule has 0 saturated carbocycles. The number of alkyl halides is 2. The summed E-state index contributed by atoms with van der Waals surface area (Å²) < 4.78 is 55.4. The topological polar surface area (TPSA) is 81.1 Å². The van der Waals surface area contributed by atoms with Crippen LogP contribution in [0.2, 0.25) is 0 Å². The van der Waals surface area contributed by atoms with Crippen LogP contribution in [0.4, 0.5) is 14.5 Å². The van der Waals surface area contributed by atoms with Gasteiger partial charge in [0.15, 0.2) is 15.7 Å². The number of rotatable bonds is 6. The standard InChI is InChI=1S/C24H21F2N3O3S.H2/c1-3-29-21-14-16(22(30)27-18-10-7-11-19(15-18)33(2,31)32)12-13-20(21)28-23(29)24(25,26)17-8-5-4-6-9-17;/h4-15H,3H2,1-2H3,(H,27,30);1H. The zero-order chi connectivity index (χ0) is 23.8. The third-order valence-electron chi connectivity index (χ3n) is 5.26. The first-order chi connectivity index (χ1) is 15.6. The molecule has 3 aromatic carbocycles. The summed E-state index contributed by atoms with van der Waals surface area (Å²) in [5.41, 5.74) is 1.12. The van der Waals surface area contributed by atoms with Crippen LogP contribution in [0.5, 0.6) is 0 Å². The number of fused-ring (bicyclic) bond motifs is 1. The van der Waals surface area contributed by atoms with Crippen molar-refractivity contribution in [3.05, 3.63) is 89.7 Å². The van der Waals surface area contributed by atoms with E-state index in [4.69, 9.17) is 0 Å². The number of hydrogen-bond acceptors (Lipinski definition) is 4. The lowest BCUT2D eigenvalue weighted by atomic mass is 10.1. The van der Waals surface area contributed by atoms with Crippen molar-refractivity contribution >= 4 is 32.5 Å². The van der Waals surface area contributed by atoms with Crippen LogP contribution in [0.15, 0.2) is 77.7 Å². The van der Waals surface area contributed by atoms with Crippen molar-refractivity contribution in [1.82, 2.24) is 9.55 Å². The van der Waals surface area contributed by atoms with Gasteiger partial charge in [-0.3, -0.25) is 4.79 Å². The zero-order valence-electron chi connectivity index (χ0n) is 17.9. The average molecular weight is 472 g/mol. The van der Waals surface area contributed by atoms with Crippen LogP contribution in [0.3, 0.4) is 0 Å². The molecule has 0 fully saturated rings. The lowest BCUT2D eigenvalue weighted by molar-refractivity contribution is 0.0296. The Bertz CT molecular complexity index is 1460. The Kier molecular flexibility index (Phi) is 5.75. The van der Waals surface area contributed by atoms with Crippen LogP contribution in [-0.2, 0) is 22.3 Å². The van der Waals surface area contributed by atoms with Gasteiger partial charge in [-0.15, -0.1) is 0 Å². The summed E-state index contributed by atoms with van der Waals surface area (Å²) in [6.45, 7) is 1.96. The first kappa shape index (κ1) is 22.6. The highest BCUT2D eigenvalue weighted by atomic mass is 32.2. The van der Waals surface area contributed by atoms with E-state index in [1.165, 1.54) is 53.1 Å². The van der Waals surface area contributed by atoms with Crippen molar-refractivity contribution in [2.45, 2.75) is 24.3 Å². The molecular weight excluding hydrogens is 448 g/mol.